The second-order valence-corrected chi connectivity index (χ2v) is 6.72. The molecule has 154 valence electrons. The lowest BCUT2D eigenvalue weighted by Gasteiger charge is -2.15. The molecule has 8 heteroatoms. The van der Waals surface area contributed by atoms with Crippen LogP contribution in [0, 0.1) is 0 Å². The molecule has 0 fully saturated rings. The number of nitrogens with two attached hydrogens (primary N) is 1. The molecule has 2 aromatic heterocycles. The molecule has 0 saturated heterocycles. The summed E-state index contributed by atoms with van der Waals surface area (Å²) >= 11 is 0. The van der Waals surface area contributed by atoms with E-state index in [4.69, 9.17) is 15.2 Å². The van der Waals surface area contributed by atoms with E-state index in [9.17, 15) is 4.79 Å². The van der Waals surface area contributed by atoms with E-state index in [2.05, 4.69) is 17.0 Å². The molecule has 3 rings (SSSR count). The summed E-state index contributed by atoms with van der Waals surface area (Å²) in [6, 6.07) is 7.37. The summed E-state index contributed by atoms with van der Waals surface area (Å²) in [6.07, 6.45) is 7.68. The average Bonchev–Trinajstić information content (AvgIpc) is 3.26. The Kier molecular flexibility index (Phi) is 6.89. The highest BCUT2D eigenvalue weighted by Crippen LogP contribution is 2.35. The van der Waals surface area contributed by atoms with Crippen LogP contribution in [0.3, 0.4) is 0 Å². The topological polar surface area (TPSA) is 97.2 Å². The van der Waals surface area contributed by atoms with Crippen LogP contribution in [0.4, 0.5) is 5.69 Å². The summed E-state index contributed by atoms with van der Waals surface area (Å²) < 4.78 is 14.8. The van der Waals surface area contributed by atoms with Gasteiger partial charge in [0.15, 0.2) is 0 Å². The number of anilines is 1. The van der Waals surface area contributed by atoms with Crippen LogP contribution in [0.1, 0.15) is 26.2 Å². The summed E-state index contributed by atoms with van der Waals surface area (Å²) in [6.45, 7) is 3.95. The Morgan fingerprint density at radius 1 is 1.14 bits per heavy atom. The number of rotatable bonds is 10. The van der Waals surface area contributed by atoms with E-state index in [0.29, 0.717) is 36.8 Å². The minimum atomic E-state index is -0.184. The lowest BCUT2D eigenvalue weighted by Crippen LogP contribution is -2.23. The SMILES string of the molecule is CCCCn1ccc(-c2cc(OC)ccc2OCCCn2cncn2)c(N)c1=O. The van der Waals surface area contributed by atoms with E-state index < -0.39 is 0 Å². The van der Waals surface area contributed by atoms with E-state index in [1.165, 1.54) is 6.33 Å². The molecule has 3 aromatic rings. The quantitative estimate of drug-likeness (QED) is 0.528. The largest absolute Gasteiger partial charge is 0.497 e. The zero-order valence-corrected chi connectivity index (χ0v) is 16.9. The second kappa shape index (κ2) is 9.77. The third-order valence-corrected chi connectivity index (χ3v) is 4.69. The summed E-state index contributed by atoms with van der Waals surface area (Å²) in [5, 5.41) is 4.08. The number of pyridine rings is 1. The van der Waals surface area contributed by atoms with Crippen LogP contribution >= 0.6 is 0 Å². The zero-order chi connectivity index (χ0) is 20.6. The van der Waals surface area contributed by atoms with Crippen LogP contribution in [0.25, 0.3) is 11.1 Å². The predicted octanol–water partition coefficient (Wildman–Crippen LogP) is 2.97. The standard InChI is InChI=1S/C21H27N5O3/c1-3-4-9-25-11-8-17(20(22)21(25)27)18-13-16(28-2)6-7-19(18)29-12-5-10-26-15-23-14-24-26/h6-8,11,13-15H,3-5,9-10,12,22H2,1-2H3. The normalized spacial score (nSPS) is 10.8. The van der Waals surface area contributed by atoms with Gasteiger partial charge in [-0.05, 0) is 30.7 Å². The third-order valence-electron chi connectivity index (χ3n) is 4.69. The van der Waals surface area contributed by atoms with Crippen LogP contribution in [0.5, 0.6) is 11.5 Å². The Morgan fingerprint density at radius 2 is 2.00 bits per heavy atom. The molecule has 2 N–H and O–H groups in total. The third kappa shape index (κ3) is 4.96. The maximum atomic E-state index is 12.7. The van der Waals surface area contributed by atoms with Gasteiger partial charge >= 0.3 is 0 Å². The molecule has 0 bridgehead atoms. The number of nitrogen functional groups attached to an aromatic ring is 1. The van der Waals surface area contributed by atoms with Crippen molar-refractivity contribution in [1.82, 2.24) is 19.3 Å². The molecule has 2 heterocycles. The summed E-state index contributed by atoms with van der Waals surface area (Å²) in [5.74, 6) is 1.33. The molecule has 29 heavy (non-hydrogen) atoms. The van der Waals surface area contributed by atoms with Gasteiger partial charge in [0.2, 0.25) is 0 Å². The fourth-order valence-corrected chi connectivity index (χ4v) is 3.06. The molecule has 0 radical (unpaired) electrons. The maximum Gasteiger partial charge on any atom is 0.274 e. The number of nitrogens with zero attached hydrogens (tertiary/aromatic N) is 4. The van der Waals surface area contributed by atoms with Crippen molar-refractivity contribution in [2.45, 2.75) is 39.3 Å². The van der Waals surface area contributed by atoms with Crippen LogP contribution in [0.2, 0.25) is 0 Å². The number of ether oxygens (including phenoxy) is 2. The van der Waals surface area contributed by atoms with Crippen molar-refractivity contribution in [1.29, 1.82) is 0 Å². The van der Waals surface area contributed by atoms with E-state index in [1.807, 2.05) is 24.3 Å². The maximum absolute atomic E-state index is 12.7. The lowest BCUT2D eigenvalue weighted by atomic mass is 10.0. The van der Waals surface area contributed by atoms with Crippen molar-refractivity contribution >= 4 is 5.69 Å². The van der Waals surface area contributed by atoms with Crippen LogP contribution in [-0.4, -0.2) is 33.0 Å². The number of aryl methyl sites for hydroxylation is 2. The van der Waals surface area contributed by atoms with Gasteiger partial charge in [-0.25, -0.2) is 4.98 Å². The van der Waals surface area contributed by atoms with Crippen LogP contribution < -0.4 is 20.8 Å². The van der Waals surface area contributed by atoms with Gasteiger partial charge < -0.3 is 19.8 Å². The molecule has 8 nitrogen and oxygen atoms in total. The highest BCUT2D eigenvalue weighted by Gasteiger charge is 2.15. The van der Waals surface area contributed by atoms with Gasteiger partial charge in [0.05, 0.1) is 13.7 Å². The van der Waals surface area contributed by atoms with Crippen LogP contribution in [-0.2, 0) is 13.1 Å². The highest BCUT2D eigenvalue weighted by molar-refractivity contribution is 5.80. The number of aromatic nitrogens is 4. The fraction of sp³-hybridized carbons (Fsp3) is 0.381. The monoisotopic (exact) mass is 397 g/mol. The Labute approximate surface area is 169 Å². The van der Waals surface area contributed by atoms with E-state index in [-0.39, 0.29) is 11.2 Å². The van der Waals surface area contributed by atoms with Crippen molar-refractivity contribution in [3.05, 3.63) is 53.5 Å². The Hall–Kier alpha value is -3.29. The van der Waals surface area contributed by atoms with Gasteiger partial charge in [-0.2, -0.15) is 5.10 Å². The molecule has 0 amide bonds. The van der Waals surface area contributed by atoms with E-state index in [0.717, 1.165) is 24.8 Å². The average molecular weight is 397 g/mol. The molecule has 0 unspecified atom stereocenters. The number of methoxy groups -OCH3 is 1. The first-order chi connectivity index (χ1) is 14.1. The summed E-state index contributed by atoms with van der Waals surface area (Å²) in [7, 11) is 1.60. The molecular weight excluding hydrogens is 370 g/mol. The Bertz CT molecular complexity index is 982. The van der Waals surface area contributed by atoms with Gasteiger partial charge in [0.1, 0.15) is 29.8 Å². The van der Waals surface area contributed by atoms with Crippen molar-refractivity contribution in [3.63, 3.8) is 0 Å². The molecule has 0 aliphatic rings. The molecule has 0 aliphatic heterocycles. The molecule has 0 aliphatic carbocycles. The Balaban J connectivity index is 1.83. The molecular formula is C21H27N5O3. The first-order valence-corrected chi connectivity index (χ1v) is 9.76. The van der Waals surface area contributed by atoms with Gasteiger partial charge in [0, 0.05) is 36.8 Å². The van der Waals surface area contributed by atoms with Crippen LogP contribution in [0.15, 0.2) is 47.9 Å². The minimum Gasteiger partial charge on any atom is -0.497 e. The Morgan fingerprint density at radius 3 is 2.72 bits per heavy atom. The smallest absolute Gasteiger partial charge is 0.274 e. The minimum absolute atomic E-state index is 0.184. The van der Waals surface area contributed by atoms with Gasteiger partial charge in [-0.15, -0.1) is 0 Å². The van der Waals surface area contributed by atoms with E-state index in [1.54, 1.807) is 28.9 Å². The summed E-state index contributed by atoms with van der Waals surface area (Å²) in [5.41, 5.74) is 7.63. The molecule has 0 atom stereocenters. The number of unbranched alkanes of at least 4 members (excludes halogenated alkanes) is 1. The second-order valence-electron chi connectivity index (χ2n) is 6.72. The predicted molar refractivity (Wildman–Crippen MR) is 112 cm³/mol. The van der Waals surface area contributed by atoms with Crippen molar-refractivity contribution in [3.8, 4) is 22.6 Å². The summed E-state index contributed by atoms with van der Waals surface area (Å²) in [4.78, 5) is 16.6. The molecule has 0 saturated carbocycles. The first kappa shape index (κ1) is 20.4. The lowest BCUT2D eigenvalue weighted by molar-refractivity contribution is 0.299. The number of benzene rings is 1. The number of hydrogen-bond donors (Lipinski definition) is 1. The van der Waals surface area contributed by atoms with Crippen molar-refractivity contribution in [2.75, 3.05) is 19.5 Å². The molecule has 0 spiro atoms. The zero-order valence-electron chi connectivity index (χ0n) is 16.9. The van der Waals surface area contributed by atoms with Crippen molar-refractivity contribution < 1.29 is 9.47 Å². The van der Waals surface area contributed by atoms with Gasteiger partial charge in [0.25, 0.3) is 5.56 Å². The van der Waals surface area contributed by atoms with E-state index >= 15 is 0 Å². The van der Waals surface area contributed by atoms with Crippen molar-refractivity contribution in [2.24, 2.45) is 0 Å². The highest BCUT2D eigenvalue weighted by atomic mass is 16.5. The fourth-order valence-electron chi connectivity index (χ4n) is 3.06. The van der Waals surface area contributed by atoms with Gasteiger partial charge in [-0.1, -0.05) is 13.3 Å². The number of hydrogen-bond acceptors (Lipinski definition) is 6. The van der Waals surface area contributed by atoms with Gasteiger partial charge in [-0.3, -0.25) is 9.48 Å². The first-order valence-electron chi connectivity index (χ1n) is 9.76. The molecule has 1 aromatic carbocycles.